The largest absolute Gasteiger partial charge is 0.487 e. The first-order valence-electron chi connectivity index (χ1n) is 11.4. The molecule has 3 aromatic rings. The number of hydrogen-bond donors (Lipinski definition) is 0. The van der Waals surface area contributed by atoms with E-state index >= 15 is 0 Å². The number of pyridine rings is 1. The second kappa shape index (κ2) is 11.5. The van der Waals surface area contributed by atoms with Crippen molar-refractivity contribution >= 4 is 5.69 Å². The van der Waals surface area contributed by atoms with E-state index in [9.17, 15) is 10.1 Å². The van der Waals surface area contributed by atoms with Gasteiger partial charge in [-0.2, -0.15) is 0 Å². The van der Waals surface area contributed by atoms with Crippen molar-refractivity contribution in [3.8, 4) is 5.75 Å². The summed E-state index contributed by atoms with van der Waals surface area (Å²) in [6.07, 6.45) is 6.48. The number of para-hydroxylation sites is 2. The molecule has 2 aromatic carbocycles. The fourth-order valence-corrected chi connectivity index (χ4v) is 4.17. The van der Waals surface area contributed by atoms with Gasteiger partial charge in [0.1, 0.15) is 6.10 Å². The van der Waals surface area contributed by atoms with Crippen LogP contribution in [0.25, 0.3) is 0 Å². The Morgan fingerprint density at radius 3 is 2.45 bits per heavy atom. The van der Waals surface area contributed by atoms with Crippen LogP contribution in [0.1, 0.15) is 36.5 Å². The Morgan fingerprint density at radius 2 is 1.73 bits per heavy atom. The van der Waals surface area contributed by atoms with Crippen LogP contribution in [0.3, 0.4) is 0 Å². The van der Waals surface area contributed by atoms with Gasteiger partial charge in [0.15, 0.2) is 5.75 Å². The van der Waals surface area contributed by atoms with Crippen LogP contribution in [-0.4, -0.2) is 47.2 Å². The summed E-state index contributed by atoms with van der Waals surface area (Å²) in [5, 5.41) is 11.1. The fraction of sp³-hybridized carbons (Fsp3) is 0.346. The van der Waals surface area contributed by atoms with Gasteiger partial charge in [0, 0.05) is 43.7 Å². The van der Waals surface area contributed by atoms with Gasteiger partial charge < -0.3 is 14.4 Å². The molecular weight excluding hydrogens is 418 g/mol. The lowest BCUT2D eigenvalue weighted by molar-refractivity contribution is -0.385. The molecule has 2 heterocycles. The third-order valence-electron chi connectivity index (χ3n) is 5.89. The first-order chi connectivity index (χ1) is 16.2. The summed E-state index contributed by atoms with van der Waals surface area (Å²) in [7, 11) is 0. The molecule has 0 spiro atoms. The zero-order valence-electron chi connectivity index (χ0n) is 18.6. The maximum atomic E-state index is 11.1. The molecule has 7 heteroatoms. The molecule has 172 valence electrons. The molecule has 0 bridgehead atoms. The van der Waals surface area contributed by atoms with Crippen LogP contribution in [0.4, 0.5) is 5.69 Å². The summed E-state index contributed by atoms with van der Waals surface area (Å²) in [5.74, 6) is 0.331. The van der Waals surface area contributed by atoms with Crippen molar-refractivity contribution in [1.82, 2.24) is 9.88 Å². The van der Waals surface area contributed by atoms with Crippen molar-refractivity contribution in [1.29, 1.82) is 0 Å². The Hall–Kier alpha value is -3.29. The van der Waals surface area contributed by atoms with Gasteiger partial charge in [-0.05, 0) is 37.0 Å². The monoisotopic (exact) mass is 447 g/mol. The van der Waals surface area contributed by atoms with E-state index in [1.165, 1.54) is 6.07 Å². The van der Waals surface area contributed by atoms with Crippen LogP contribution in [-0.2, 0) is 4.74 Å². The topological polar surface area (TPSA) is 77.7 Å². The Morgan fingerprint density at radius 1 is 1.00 bits per heavy atom. The fourth-order valence-electron chi connectivity index (χ4n) is 4.17. The first kappa shape index (κ1) is 22.9. The first-order valence-corrected chi connectivity index (χ1v) is 11.4. The Balaban J connectivity index is 1.24. The van der Waals surface area contributed by atoms with Crippen molar-refractivity contribution in [2.75, 3.05) is 26.2 Å². The summed E-state index contributed by atoms with van der Waals surface area (Å²) in [6.45, 7) is 3.28. The minimum Gasteiger partial charge on any atom is -0.487 e. The molecular formula is C26H29N3O4. The number of ether oxygens (including phenoxy) is 2. The van der Waals surface area contributed by atoms with E-state index in [0.29, 0.717) is 12.4 Å². The highest BCUT2D eigenvalue weighted by Gasteiger charge is 2.25. The van der Waals surface area contributed by atoms with Crippen molar-refractivity contribution in [3.63, 3.8) is 0 Å². The predicted molar refractivity (Wildman–Crippen MR) is 126 cm³/mol. The lowest BCUT2D eigenvalue weighted by atomic mass is 10.0. The van der Waals surface area contributed by atoms with E-state index in [1.807, 2.05) is 30.5 Å². The van der Waals surface area contributed by atoms with Gasteiger partial charge in [-0.15, -0.1) is 0 Å². The highest BCUT2D eigenvalue weighted by molar-refractivity contribution is 5.45. The van der Waals surface area contributed by atoms with Gasteiger partial charge in [-0.3, -0.25) is 15.1 Å². The number of piperidine rings is 1. The molecule has 0 N–H and O–H groups in total. The summed E-state index contributed by atoms with van der Waals surface area (Å²) in [6, 6.07) is 20.8. The number of rotatable bonds is 10. The lowest BCUT2D eigenvalue weighted by Gasteiger charge is -2.34. The van der Waals surface area contributed by atoms with Gasteiger partial charge in [0.2, 0.25) is 0 Å². The molecule has 1 saturated heterocycles. The van der Waals surface area contributed by atoms with E-state index < -0.39 is 4.92 Å². The Kier molecular flexibility index (Phi) is 8.00. The summed E-state index contributed by atoms with van der Waals surface area (Å²) >= 11 is 0. The second-order valence-electron chi connectivity index (χ2n) is 8.18. The van der Waals surface area contributed by atoms with Crippen molar-refractivity contribution in [3.05, 3.63) is 100 Å². The summed E-state index contributed by atoms with van der Waals surface area (Å²) < 4.78 is 12.2. The van der Waals surface area contributed by atoms with Crippen molar-refractivity contribution in [2.24, 2.45) is 0 Å². The lowest BCUT2D eigenvalue weighted by Crippen LogP contribution is -2.38. The van der Waals surface area contributed by atoms with E-state index in [-0.39, 0.29) is 17.9 Å². The molecule has 33 heavy (non-hydrogen) atoms. The number of nitrogens with zero attached hydrogens (tertiary/aromatic N) is 3. The average Bonchev–Trinajstić information content (AvgIpc) is 2.87. The second-order valence-corrected chi connectivity index (χ2v) is 8.18. The molecule has 1 aromatic heterocycles. The molecule has 0 saturated carbocycles. The number of likely N-dealkylation sites (tertiary alicyclic amines) is 1. The maximum Gasteiger partial charge on any atom is 0.310 e. The zero-order chi connectivity index (χ0) is 22.9. The van der Waals surface area contributed by atoms with E-state index in [2.05, 4.69) is 28.1 Å². The van der Waals surface area contributed by atoms with Crippen molar-refractivity contribution < 1.29 is 14.4 Å². The van der Waals surface area contributed by atoms with Crippen LogP contribution in [0.5, 0.6) is 5.75 Å². The van der Waals surface area contributed by atoms with Crippen LogP contribution in [0, 0.1) is 10.1 Å². The molecule has 4 rings (SSSR count). The molecule has 1 atom stereocenters. The van der Waals surface area contributed by atoms with Gasteiger partial charge in [-0.1, -0.05) is 48.5 Å². The smallest absolute Gasteiger partial charge is 0.310 e. The Labute approximate surface area is 194 Å². The summed E-state index contributed by atoms with van der Waals surface area (Å²) in [4.78, 5) is 17.4. The Bertz CT molecular complexity index is 969. The van der Waals surface area contributed by atoms with E-state index in [1.54, 1.807) is 24.4 Å². The van der Waals surface area contributed by atoms with Crippen molar-refractivity contribution in [2.45, 2.75) is 31.5 Å². The van der Waals surface area contributed by atoms with Crippen LogP contribution in [0.2, 0.25) is 0 Å². The third kappa shape index (κ3) is 6.37. The normalized spacial score (nSPS) is 15.8. The minimum atomic E-state index is -0.408. The van der Waals surface area contributed by atoms with Gasteiger partial charge in [-0.25, -0.2) is 0 Å². The van der Waals surface area contributed by atoms with Crippen LogP contribution in [0.15, 0.2) is 79.1 Å². The number of hydrogen-bond acceptors (Lipinski definition) is 6. The number of aromatic nitrogens is 1. The van der Waals surface area contributed by atoms with Gasteiger partial charge >= 0.3 is 5.69 Å². The molecule has 7 nitrogen and oxygen atoms in total. The molecule has 0 radical (unpaired) electrons. The SMILES string of the molecule is O=[N+]([O-])c1ccccc1OCCCN1CCC(OC(c2ccccc2)c2cccnc2)CC1. The molecule has 0 aliphatic carbocycles. The average molecular weight is 448 g/mol. The van der Waals surface area contributed by atoms with Gasteiger partial charge in [0.05, 0.1) is 17.6 Å². The number of benzene rings is 2. The quantitative estimate of drug-likeness (QED) is 0.246. The van der Waals surface area contributed by atoms with E-state index in [0.717, 1.165) is 50.0 Å². The van der Waals surface area contributed by atoms with E-state index in [4.69, 9.17) is 9.47 Å². The van der Waals surface area contributed by atoms with Crippen LogP contribution < -0.4 is 4.74 Å². The molecule has 1 unspecified atom stereocenters. The number of nitro groups is 1. The highest BCUT2D eigenvalue weighted by atomic mass is 16.6. The zero-order valence-corrected chi connectivity index (χ0v) is 18.6. The third-order valence-corrected chi connectivity index (χ3v) is 5.89. The maximum absolute atomic E-state index is 11.1. The number of nitro benzene ring substituents is 1. The minimum absolute atomic E-state index is 0.0112. The predicted octanol–water partition coefficient (Wildman–Crippen LogP) is 5.03. The highest BCUT2D eigenvalue weighted by Crippen LogP contribution is 2.30. The molecule has 0 amide bonds. The molecule has 1 aliphatic rings. The van der Waals surface area contributed by atoms with Gasteiger partial charge in [0.25, 0.3) is 0 Å². The summed E-state index contributed by atoms with van der Waals surface area (Å²) in [5.41, 5.74) is 2.22. The van der Waals surface area contributed by atoms with Crippen LogP contribution >= 0.6 is 0 Å². The molecule has 1 fully saturated rings. The molecule has 1 aliphatic heterocycles. The standard InChI is InChI=1S/C26H29N3O4/c30-29(31)24-11-4-5-12-25(24)32-19-7-16-28-17-13-23(14-18-28)33-26(21-8-2-1-3-9-21)22-10-6-15-27-20-22/h1-6,8-12,15,20,23,26H,7,13-14,16-19H2.